The van der Waals surface area contributed by atoms with Crippen LogP contribution >= 0.6 is 11.6 Å². The third kappa shape index (κ3) is 3.36. The fourth-order valence-electron chi connectivity index (χ4n) is 4.30. The Morgan fingerprint density at radius 3 is 2.90 bits per heavy atom. The molecule has 0 saturated carbocycles. The number of amides is 1. The number of carbonyl (C=O) groups is 1. The second-order valence-electron chi connectivity index (χ2n) is 7.71. The number of aromatic nitrogens is 4. The van der Waals surface area contributed by atoms with Crippen molar-refractivity contribution in [1.82, 2.24) is 19.5 Å². The number of hydrogen-bond donors (Lipinski definition) is 0. The molecule has 1 unspecified atom stereocenters. The van der Waals surface area contributed by atoms with Crippen LogP contribution in [0.15, 0.2) is 42.9 Å². The topological polar surface area (TPSA) is 76.4 Å². The Balaban J connectivity index is 1.63. The highest BCUT2D eigenvalue weighted by Crippen LogP contribution is 2.38. The van der Waals surface area contributed by atoms with Gasteiger partial charge < -0.3 is 14.5 Å². The monoisotopic (exact) mass is 438 g/mol. The van der Waals surface area contributed by atoms with E-state index in [1.165, 1.54) is 0 Å². The van der Waals surface area contributed by atoms with E-state index in [0.717, 1.165) is 18.4 Å². The largest absolute Gasteiger partial charge is 0.358 e. The zero-order valence-electron chi connectivity index (χ0n) is 17.4. The van der Waals surface area contributed by atoms with E-state index in [9.17, 15) is 4.79 Å². The van der Waals surface area contributed by atoms with Gasteiger partial charge in [-0.25, -0.2) is 9.97 Å². The van der Waals surface area contributed by atoms with Crippen LogP contribution in [-0.2, 0) is 9.53 Å². The van der Waals surface area contributed by atoms with Crippen LogP contribution in [0.3, 0.4) is 0 Å². The van der Waals surface area contributed by atoms with E-state index < -0.39 is 0 Å². The van der Waals surface area contributed by atoms with Crippen LogP contribution in [-0.4, -0.2) is 51.4 Å². The van der Waals surface area contributed by atoms with Gasteiger partial charge in [-0.15, -0.1) is 0 Å². The number of carbonyl (C=O) groups excluding carboxylic acids is 1. The third-order valence-corrected chi connectivity index (χ3v) is 6.07. The molecule has 5 rings (SSSR count). The molecule has 0 N–H and O–H groups in total. The first kappa shape index (κ1) is 20.0. The first-order valence-electron chi connectivity index (χ1n) is 10.4. The van der Waals surface area contributed by atoms with Crippen molar-refractivity contribution in [1.29, 1.82) is 0 Å². The summed E-state index contributed by atoms with van der Waals surface area (Å²) in [5.74, 6) is 1.91. The van der Waals surface area contributed by atoms with E-state index in [2.05, 4.69) is 9.97 Å². The molecule has 0 radical (unpaired) electrons. The number of rotatable bonds is 4. The predicted molar refractivity (Wildman–Crippen MR) is 119 cm³/mol. The standard InChI is InChI=1S/C22H23ClN6O2/c1-3-16-21(30)27(2)17-13-25-22(26-20(17)29(16)18-8-5-11-31-18)28-10-9-24-19(28)14-6-4-7-15(23)12-14/h4,6-7,9-10,12-13,16,18H,3,5,8,11H2,1-2H3/t16-,18?/m1/s1. The van der Waals surface area contributed by atoms with Crippen molar-refractivity contribution in [2.24, 2.45) is 0 Å². The molecule has 9 heteroatoms. The first-order valence-corrected chi connectivity index (χ1v) is 10.8. The molecule has 31 heavy (non-hydrogen) atoms. The number of imidazole rings is 1. The molecule has 2 aliphatic rings. The molecule has 8 nitrogen and oxygen atoms in total. The summed E-state index contributed by atoms with van der Waals surface area (Å²) in [5, 5.41) is 0.633. The molecule has 1 saturated heterocycles. The van der Waals surface area contributed by atoms with E-state index in [-0.39, 0.29) is 18.2 Å². The summed E-state index contributed by atoms with van der Waals surface area (Å²) in [7, 11) is 1.77. The Morgan fingerprint density at radius 2 is 2.16 bits per heavy atom. The average molecular weight is 439 g/mol. The van der Waals surface area contributed by atoms with E-state index in [0.29, 0.717) is 41.3 Å². The van der Waals surface area contributed by atoms with Crippen molar-refractivity contribution >= 4 is 29.0 Å². The van der Waals surface area contributed by atoms with Crippen molar-refractivity contribution in [2.75, 3.05) is 23.5 Å². The van der Waals surface area contributed by atoms with Gasteiger partial charge in [-0.2, -0.15) is 4.98 Å². The number of benzene rings is 1. The molecule has 4 heterocycles. The van der Waals surface area contributed by atoms with Crippen LogP contribution in [0.5, 0.6) is 0 Å². The number of likely N-dealkylation sites (N-methyl/N-ethyl adjacent to an activating group) is 1. The van der Waals surface area contributed by atoms with Gasteiger partial charge in [0, 0.05) is 36.6 Å². The molecule has 2 aromatic heterocycles. The second kappa shape index (κ2) is 7.94. The summed E-state index contributed by atoms with van der Waals surface area (Å²) in [4.78, 5) is 30.6. The van der Waals surface area contributed by atoms with Gasteiger partial charge in [0.15, 0.2) is 5.82 Å². The van der Waals surface area contributed by atoms with Gasteiger partial charge in [0.2, 0.25) is 11.9 Å². The molecule has 1 amide bonds. The van der Waals surface area contributed by atoms with Gasteiger partial charge in [-0.05, 0) is 31.4 Å². The Hall–Kier alpha value is -2.97. The Bertz CT molecular complexity index is 1130. The fourth-order valence-corrected chi connectivity index (χ4v) is 4.49. The number of anilines is 2. The lowest BCUT2D eigenvalue weighted by Crippen LogP contribution is -2.56. The highest BCUT2D eigenvalue weighted by molar-refractivity contribution is 6.30. The van der Waals surface area contributed by atoms with Crippen LogP contribution in [0.1, 0.15) is 26.2 Å². The van der Waals surface area contributed by atoms with Gasteiger partial charge >= 0.3 is 0 Å². The highest BCUT2D eigenvalue weighted by atomic mass is 35.5. The van der Waals surface area contributed by atoms with Gasteiger partial charge in [0.25, 0.3) is 0 Å². The minimum absolute atomic E-state index is 0.0316. The third-order valence-electron chi connectivity index (χ3n) is 5.84. The number of fused-ring (bicyclic) bond motifs is 1. The summed E-state index contributed by atoms with van der Waals surface area (Å²) in [6, 6.07) is 7.19. The SMILES string of the molecule is CC[C@@H]1C(=O)N(C)c2cnc(-n3ccnc3-c3cccc(Cl)c3)nc2N1C1CCCO1. The number of halogens is 1. The number of ether oxygens (including phenoxy) is 1. The minimum Gasteiger partial charge on any atom is -0.358 e. The quantitative estimate of drug-likeness (QED) is 0.618. The molecule has 0 bridgehead atoms. The van der Waals surface area contributed by atoms with Crippen molar-refractivity contribution < 1.29 is 9.53 Å². The van der Waals surface area contributed by atoms with Crippen LogP contribution in [0.4, 0.5) is 11.5 Å². The van der Waals surface area contributed by atoms with Crippen molar-refractivity contribution in [3.8, 4) is 17.3 Å². The first-order chi connectivity index (χ1) is 15.1. The predicted octanol–water partition coefficient (Wildman–Crippen LogP) is 3.68. The zero-order valence-corrected chi connectivity index (χ0v) is 18.2. The van der Waals surface area contributed by atoms with Crippen molar-refractivity contribution in [3.63, 3.8) is 0 Å². The van der Waals surface area contributed by atoms with Crippen molar-refractivity contribution in [2.45, 2.75) is 38.5 Å². The molecule has 0 aliphatic carbocycles. The normalized spacial score (nSPS) is 20.9. The highest BCUT2D eigenvalue weighted by Gasteiger charge is 2.42. The lowest BCUT2D eigenvalue weighted by Gasteiger charge is -2.42. The van der Waals surface area contributed by atoms with E-state index >= 15 is 0 Å². The van der Waals surface area contributed by atoms with Gasteiger partial charge in [-0.1, -0.05) is 30.7 Å². The molecular weight excluding hydrogens is 416 g/mol. The molecule has 160 valence electrons. The molecule has 3 aromatic rings. The fraction of sp³-hybridized carbons (Fsp3) is 0.364. The van der Waals surface area contributed by atoms with Gasteiger partial charge in [0.1, 0.15) is 23.8 Å². The Kier molecular flexibility index (Phi) is 5.11. The number of nitrogens with zero attached hydrogens (tertiary/aromatic N) is 6. The van der Waals surface area contributed by atoms with Crippen LogP contribution in [0.25, 0.3) is 17.3 Å². The van der Waals surface area contributed by atoms with Crippen molar-refractivity contribution in [3.05, 3.63) is 47.9 Å². The Labute approximate surface area is 185 Å². The van der Waals surface area contributed by atoms with Gasteiger partial charge in [-0.3, -0.25) is 9.36 Å². The van der Waals surface area contributed by atoms with Crippen LogP contribution < -0.4 is 9.80 Å². The second-order valence-corrected chi connectivity index (χ2v) is 8.14. The molecule has 1 fully saturated rings. The van der Waals surface area contributed by atoms with E-state index in [1.54, 1.807) is 24.3 Å². The van der Waals surface area contributed by atoms with Crippen LogP contribution in [0.2, 0.25) is 5.02 Å². The molecular formula is C22H23ClN6O2. The minimum atomic E-state index is -0.321. The summed E-state index contributed by atoms with van der Waals surface area (Å²) in [5.41, 5.74) is 1.55. The van der Waals surface area contributed by atoms with E-state index in [4.69, 9.17) is 21.3 Å². The molecule has 2 atom stereocenters. The zero-order chi connectivity index (χ0) is 21.5. The van der Waals surface area contributed by atoms with Crippen LogP contribution in [0, 0.1) is 0 Å². The Morgan fingerprint density at radius 1 is 1.29 bits per heavy atom. The maximum absolute atomic E-state index is 13.0. The molecule has 2 aliphatic heterocycles. The summed E-state index contributed by atoms with van der Waals surface area (Å²) < 4.78 is 7.79. The average Bonchev–Trinajstić information content (AvgIpc) is 3.48. The number of hydrogen-bond acceptors (Lipinski definition) is 6. The maximum Gasteiger partial charge on any atom is 0.249 e. The lowest BCUT2D eigenvalue weighted by molar-refractivity contribution is -0.120. The van der Waals surface area contributed by atoms with E-state index in [1.807, 2.05) is 46.9 Å². The lowest BCUT2D eigenvalue weighted by atomic mass is 10.1. The summed E-state index contributed by atoms with van der Waals surface area (Å²) in [6.45, 7) is 2.70. The summed E-state index contributed by atoms with van der Waals surface area (Å²) >= 11 is 6.18. The molecule has 0 spiro atoms. The smallest absolute Gasteiger partial charge is 0.249 e. The van der Waals surface area contributed by atoms with Gasteiger partial charge in [0.05, 0.1) is 6.20 Å². The summed E-state index contributed by atoms with van der Waals surface area (Å²) in [6.07, 6.45) is 7.57. The maximum atomic E-state index is 13.0. The molecule has 1 aromatic carbocycles.